The summed E-state index contributed by atoms with van der Waals surface area (Å²) in [6.07, 6.45) is 0. The molecule has 1 heterocycles. The second kappa shape index (κ2) is 3.25. The van der Waals surface area contributed by atoms with E-state index in [1.807, 2.05) is 54.6 Å². The molecule has 0 saturated carbocycles. The number of rotatable bonds is 1. The van der Waals surface area contributed by atoms with E-state index in [1.54, 1.807) is 0 Å². The van der Waals surface area contributed by atoms with Crippen molar-refractivity contribution in [2.24, 2.45) is 0 Å². The fourth-order valence-electron chi connectivity index (χ4n) is 1.82. The molecule has 2 aromatic rings. The highest BCUT2D eigenvalue weighted by molar-refractivity contribution is 5.61. The molecule has 0 spiro atoms. The lowest BCUT2D eigenvalue weighted by Gasteiger charge is -2.22. The lowest BCUT2D eigenvalue weighted by Crippen LogP contribution is -2.36. The Kier molecular flexibility index (Phi) is 1.88. The van der Waals surface area contributed by atoms with Crippen molar-refractivity contribution >= 4 is 5.69 Å². The highest BCUT2D eigenvalue weighted by Crippen LogP contribution is 2.39. The molecule has 0 aliphatic carbocycles. The quantitative estimate of drug-likeness (QED) is 0.763. The zero-order valence-corrected chi connectivity index (χ0v) is 8.55. The van der Waals surface area contributed by atoms with Gasteiger partial charge in [-0.1, -0.05) is 42.5 Å². The van der Waals surface area contributed by atoms with E-state index in [0.29, 0.717) is 11.3 Å². The van der Waals surface area contributed by atoms with Gasteiger partial charge in [0.05, 0.1) is 5.69 Å². The number of hydrogen-bond acceptors (Lipinski definition) is 3. The Morgan fingerprint density at radius 1 is 0.938 bits per heavy atom. The van der Waals surface area contributed by atoms with Crippen LogP contribution in [0.25, 0.3) is 0 Å². The monoisotopic (exact) mass is 213 g/mol. The average Bonchev–Trinajstić information content (AvgIpc) is 2.68. The van der Waals surface area contributed by atoms with Gasteiger partial charge in [-0.15, -0.1) is 0 Å². The molecule has 0 saturated heterocycles. The summed E-state index contributed by atoms with van der Waals surface area (Å²) in [5.74, 6) is -0.792. The fraction of sp³-hybridized carbons (Fsp3) is 0.0769. The molecule has 0 aromatic heterocycles. The molecule has 1 unspecified atom stereocenters. The second-order valence-corrected chi connectivity index (χ2v) is 3.73. The fourth-order valence-corrected chi connectivity index (χ4v) is 1.82. The molecular weight excluding hydrogens is 202 g/mol. The third kappa shape index (κ3) is 1.33. The maximum absolute atomic E-state index is 10.4. The van der Waals surface area contributed by atoms with Gasteiger partial charge in [0.2, 0.25) is 0 Å². The number of anilines is 1. The Morgan fingerprint density at radius 3 is 2.38 bits per heavy atom. The molecular formula is C13H11NO2. The highest BCUT2D eigenvalue weighted by atomic mass is 16.7. The molecule has 0 amide bonds. The minimum atomic E-state index is -1.45. The van der Waals surface area contributed by atoms with Crippen LogP contribution < -0.4 is 10.1 Å². The van der Waals surface area contributed by atoms with E-state index in [0.717, 1.165) is 5.69 Å². The van der Waals surface area contributed by atoms with E-state index >= 15 is 0 Å². The SMILES string of the molecule is OC1(c2ccccc2)Nc2ccccc2O1. The number of ether oxygens (including phenoxy) is 1. The first kappa shape index (κ1) is 9.24. The van der Waals surface area contributed by atoms with Crippen LogP contribution in [0.3, 0.4) is 0 Å². The van der Waals surface area contributed by atoms with Gasteiger partial charge in [-0.3, -0.25) is 0 Å². The van der Waals surface area contributed by atoms with Crippen LogP contribution in [0.2, 0.25) is 0 Å². The Bertz CT molecular complexity index is 485. The summed E-state index contributed by atoms with van der Waals surface area (Å²) < 4.78 is 5.52. The largest absolute Gasteiger partial charge is 0.438 e. The van der Waals surface area contributed by atoms with Crippen LogP contribution in [0.15, 0.2) is 54.6 Å². The molecule has 0 radical (unpaired) electrons. The molecule has 3 nitrogen and oxygen atoms in total. The minimum absolute atomic E-state index is 0.661. The normalized spacial score (nSPS) is 22.1. The summed E-state index contributed by atoms with van der Waals surface area (Å²) in [6, 6.07) is 16.7. The smallest absolute Gasteiger partial charge is 0.318 e. The van der Waals surface area contributed by atoms with E-state index in [-0.39, 0.29) is 0 Å². The molecule has 80 valence electrons. The molecule has 1 atom stereocenters. The van der Waals surface area contributed by atoms with Crippen LogP contribution in [0.4, 0.5) is 5.69 Å². The van der Waals surface area contributed by atoms with Crippen LogP contribution in [0.1, 0.15) is 5.56 Å². The van der Waals surface area contributed by atoms with Crippen LogP contribution in [-0.4, -0.2) is 5.11 Å². The first-order chi connectivity index (χ1) is 7.78. The Labute approximate surface area is 93.3 Å². The Morgan fingerprint density at radius 2 is 1.62 bits per heavy atom. The number of nitrogens with one attached hydrogen (secondary N) is 1. The van der Waals surface area contributed by atoms with Crippen LogP contribution in [0, 0.1) is 0 Å². The first-order valence-corrected chi connectivity index (χ1v) is 5.12. The lowest BCUT2D eigenvalue weighted by atomic mass is 10.1. The number of para-hydroxylation sites is 2. The van der Waals surface area contributed by atoms with Gasteiger partial charge in [-0.25, -0.2) is 0 Å². The highest BCUT2D eigenvalue weighted by Gasteiger charge is 2.38. The Balaban J connectivity index is 2.01. The van der Waals surface area contributed by atoms with E-state index in [1.165, 1.54) is 0 Å². The molecule has 3 heteroatoms. The van der Waals surface area contributed by atoms with Crippen LogP contribution >= 0.6 is 0 Å². The predicted molar refractivity (Wildman–Crippen MR) is 61.0 cm³/mol. The van der Waals surface area contributed by atoms with E-state index in [9.17, 15) is 5.11 Å². The summed E-state index contributed by atoms with van der Waals surface area (Å²) in [5.41, 5.74) is 1.49. The van der Waals surface area contributed by atoms with Gasteiger partial charge in [0.1, 0.15) is 5.75 Å². The zero-order valence-electron chi connectivity index (χ0n) is 8.55. The summed E-state index contributed by atoms with van der Waals surface area (Å²) in [4.78, 5) is 0. The van der Waals surface area contributed by atoms with Crippen LogP contribution in [0.5, 0.6) is 5.75 Å². The lowest BCUT2D eigenvalue weighted by molar-refractivity contribution is -0.108. The number of benzene rings is 2. The molecule has 2 N–H and O–H groups in total. The number of aliphatic hydroxyl groups is 1. The summed E-state index contributed by atoms with van der Waals surface area (Å²) in [7, 11) is 0. The summed E-state index contributed by atoms with van der Waals surface area (Å²) in [6.45, 7) is 0. The minimum Gasteiger partial charge on any atom is -0.438 e. The second-order valence-electron chi connectivity index (χ2n) is 3.73. The van der Waals surface area contributed by atoms with Gasteiger partial charge < -0.3 is 15.2 Å². The van der Waals surface area contributed by atoms with Crippen molar-refractivity contribution in [3.63, 3.8) is 0 Å². The molecule has 3 rings (SSSR count). The molecule has 0 bridgehead atoms. The average molecular weight is 213 g/mol. The van der Waals surface area contributed by atoms with Crippen molar-refractivity contribution in [1.82, 2.24) is 0 Å². The van der Waals surface area contributed by atoms with Gasteiger partial charge in [0, 0.05) is 5.56 Å². The van der Waals surface area contributed by atoms with Crippen molar-refractivity contribution in [3.8, 4) is 5.75 Å². The van der Waals surface area contributed by atoms with Gasteiger partial charge in [0.15, 0.2) is 0 Å². The van der Waals surface area contributed by atoms with Crippen molar-refractivity contribution in [1.29, 1.82) is 0 Å². The maximum Gasteiger partial charge on any atom is 0.318 e. The number of hydrogen-bond donors (Lipinski definition) is 2. The van der Waals surface area contributed by atoms with E-state index in [2.05, 4.69) is 5.32 Å². The topological polar surface area (TPSA) is 41.5 Å². The third-order valence-corrected chi connectivity index (χ3v) is 2.61. The zero-order chi connectivity index (χ0) is 11.0. The van der Waals surface area contributed by atoms with Crippen LogP contribution in [-0.2, 0) is 5.91 Å². The van der Waals surface area contributed by atoms with Crippen molar-refractivity contribution < 1.29 is 9.84 Å². The van der Waals surface area contributed by atoms with Gasteiger partial charge in [-0.05, 0) is 12.1 Å². The summed E-state index contributed by atoms with van der Waals surface area (Å²) >= 11 is 0. The molecule has 0 fully saturated rings. The van der Waals surface area contributed by atoms with Gasteiger partial charge in [0.25, 0.3) is 0 Å². The molecule has 1 aliphatic rings. The first-order valence-electron chi connectivity index (χ1n) is 5.12. The molecule has 16 heavy (non-hydrogen) atoms. The predicted octanol–water partition coefficient (Wildman–Crippen LogP) is 2.29. The van der Waals surface area contributed by atoms with Gasteiger partial charge in [-0.2, -0.15) is 0 Å². The Hall–Kier alpha value is -2.00. The standard InChI is InChI=1S/C13H11NO2/c15-13(10-6-2-1-3-7-10)14-11-8-4-5-9-12(11)16-13/h1-9,14-15H. The molecule has 2 aromatic carbocycles. The number of fused-ring (bicyclic) bond motifs is 1. The maximum atomic E-state index is 10.4. The van der Waals surface area contributed by atoms with Crippen molar-refractivity contribution in [2.45, 2.75) is 5.91 Å². The third-order valence-electron chi connectivity index (χ3n) is 2.61. The van der Waals surface area contributed by atoms with Crippen molar-refractivity contribution in [3.05, 3.63) is 60.2 Å². The van der Waals surface area contributed by atoms with Crippen molar-refractivity contribution in [2.75, 3.05) is 5.32 Å². The molecule has 1 aliphatic heterocycles. The van der Waals surface area contributed by atoms with E-state index in [4.69, 9.17) is 4.74 Å². The summed E-state index contributed by atoms with van der Waals surface area (Å²) in [5, 5.41) is 13.3. The van der Waals surface area contributed by atoms with Gasteiger partial charge >= 0.3 is 5.91 Å². The van der Waals surface area contributed by atoms with E-state index < -0.39 is 5.91 Å².